The summed E-state index contributed by atoms with van der Waals surface area (Å²) in [6.07, 6.45) is 6.60. The Labute approximate surface area is 143 Å². The number of nitrogens with one attached hydrogen (secondary N) is 1. The second-order valence-corrected chi connectivity index (χ2v) is 8.40. The largest absolute Gasteiger partial charge is 0.338 e. The zero-order chi connectivity index (χ0) is 17.0. The van der Waals surface area contributed by atoms with Gasteiger partial charge in [0.15, 0.2) is 0 Å². The van der Waals surface area contributed by atoms with E-state index in [9.17, 15) is 13.2 Å². The highest BCUT2D eigenvalue weighted by Gasteiger charge is 2.37. The van der Waals surface area contributed by atoms with E-state index in [-0.39, 0.29) is 17.8 Å². The molecule has 7 nitrogen and oxygen atoms in total. The molecule has 1 N–H and O–H groups in total. The molecule has 1 unspecified atom stereocenters. The molecule has 1 atom stereocenters. The number of aromatic nitrogens is 1. The summed E-state index contributed by atoms with van der Waals surface area (Å²) in [7, 11) is -3.12. The van der Waals surface area contributed by atoms with Gasteiger partial charge in [0.2, 0.25) is 10.0 Å². The number of urea groups is 1. The Morgan fingerprint density at radius 3 is 2.75 bits per heavy atom. The molecule has 3 rings (SSSR count). The summed E-state index contributed by atoms with van der Waals surface area (Å²) in [4.78, 5) is 18.1. The highest BCUT2D eigenvalue weighted by atomic mass is 32.2. The van der Waals surface area contributed by atoms with E-state index >= 15 is 0 Å². The summed E-state index contributed by atoms with van der Waals surface area (Å²) < 4.78 is 25.7. The topological polar surface area (TPSA) is 82.6 Å². The van der Waals surface area contributed by atoms with Crippen LogP contribution >= 0.6 is 0 Å². The minimum Gasteiger partial charge on any atom is -0.338 e. The fraction of sp³-hybridized carbons (Fsp3) is 0.625. The average Bonchev–Trinajstić information content (AvgIpc) is 2.95. The molecule has 2 saturated heterocycles. The second-order valence-electron chi connectivity index (χ2n) is 6.36. The number of likely N-dealkylation sites (tertiary alicyclic amines) is 1. The van der Waals surface area contributed by atoms with Crippen molar-refractivity contribution in [3.8, 4) is 0 Å². The van der Waals surface area contributed by atoms with E-state index in [0.717, 1.165) is 24.8 Å². The van der Waals surface area contributed by atoms with Crippen LogP contribution in [0.4, 0.5) is 4.79 Å². The van der Waals surface area contributed by atoms with Gasteiger partial charge in [-0.1, -0.05) is 0 Å². The molecule has 0 spiro atoms. The van der Waals surface area contributed by atoms with Crippen LogP contribution in [-0.2, 0) is 16.4 Å². The quantitative estimate of drug-likeness (QED) is 0.870. The third-order valence-corrected chi connectivity index (χ3v) is 6.67. The number of pyridine rings is 1. The van der Waals surface area contributed by atoms with Gasteiger partial charge in [-0.15, -0.1) is 0 Å². The molecule has 2 amide bonds. The normalized spacial score (nSPS) is 24.0. The molecule has 1 aromatic rings. The Hall–Kier alpha value is -1.67. The molecule has 2 fully saturated rings. The Morgan fingerprint density at radius 2 is 2.04 bits per heavy atom. The van der Waals surface area contributed by atoms with Crippen LogP contribution in [0.1, 0.15) is 24.8 Å². The number of hydrogen-bond acceptors (Lipinski definition) is 4. The Bertz CT molecular complexity index is 665. The van der Waals surface area contributed by atoms with Crippen LogP contribution in [0.3, 0.4) is 0 Å². The van der Waals surface area contributed by atoms with Gasteiger partial charge in [-0.05, 0) is 43.4 Å². The van der Waals surface area contributed by atoms with Crippen LogP contribution in [0, 0.1) is 0 Å². The van der Waals surface area contributed by atoms with Crippen molar-refractivity contribution in [2.24, 2.45) is 0 Å². The molecule has 24 heavy (non-hydrogen) atoms. The van der Waals surface area contributed by atoms with Gasteiger partial charge in [0.1, 0.15) is 0 Å². The number of carbonyl (C=O) groups excluding carboxylic acids is 1. The Kier molecular flexibility index (Phi) is 5.35. The van der Waals surface area contributed by atoms with E-state index in [1.807, 2.05) is 12.1 Å². The maximum atomic E-state index is 12.3. The highest BCUT2D eigenvalue weighted by molar-refractivity contribution is 7.89. The number of hydrogen-bond donors (Lipinski definition) is 1. The van der Waals surface area contributed by atoms with Gasteiger partial charge >= 0.3 is 6.03 Å². The molecule has 0 aliphatic carbocycles. The first-order chi connectivity index (χ1) is 11.6. The van der Waals surface area contributed by atoms with Gasteiger partial charge in [-0.3, -0.25) is 4.98 Å². The van der Waals surface area contributed by atoms with Crippen molar-refractivity contribution >= 4 is 16.1 Å². The molecular weight excluding hydrogens is 328 g/mol. The van der Waals surface area contributed by atoms with Crippen LogP contribution in [0.2, 0.25) is 0 Å². The maximum Gasteiger partial charge on any atom is 0.317 e. The third-order valence-electron chi connectivity index (χ3n) is 4.67. The molecule has 0 bridgehead atoms. The first kappa shape index (κ1) is 17.2. The number of carbonyl (C=O) groups is 1. The van der Waals surface area contributed by atoms with Crippen LogP contribution in [0.15, 0.2) is 24.5 Å². The molecule has 1 aromatic heterocycles. The van der Waals surface area contributed by atoms with Crippen molar-refractivity contribution in [2.45, 2.75) is 31.7 Å². The van der Waals surface area contributed by atoms with Gasteiger partial charge in [0.25, 0.3) is 0 Å². The van der Waals surface area contributed by atoms with Gasteiger partial charge in [-0.25, -0.2) is 13.2 Å². The predicted octanol–water partition coefficient (Wildman–Crippen LogP) is 0.834. The van der Waals surface area contributed by atoms with Crippen LogP contribution in [-0.4, -0.2) is 66.6 Å². The zero-order valence-electron chi connectivity index (χ0n) is 13.7. The van der Waals surface area contributed by atoms with Crippen molar-refractivity contribution in [3.05, 3.63) is 30.1 Å². The van der Waals surface area contributed by atoms with E-state index in [0.29, 0.717) is 32.6 Å². The number of piperidine rings is 1. The smallest absolute Gasteiger partial charge is 0.317 e. The first-order valence-electron chi connectivity index (χ1n) is 8.47. The molecule has 132 valence electrons. The number of amides is 2. The lowest BCUT2D eigenvalue weighted by Gasteiger charge is -2.36. The van der Waals surface area contributed by atoms with Crippen molar-refractivity contribution in [1.29, 1.82) is 0 Å². The lowest BCUT2D eigenvalue weighted by Crippen LogP contribution is -2.52. The van der Waals surface area contributed by atoms with E-state index < -0.39 is 10.0 Å². The van der Waals surface area contributed by atoms with E-state index in [2.05, 4.69) is 10.3 Å². The number of nitrogens with zero attached hydrogens (tertiary/aromatic N) is 3. The highest BCUT2D eigenvalue weighted by Crippen LogP contribution is 2.23. The summed E-state index contributed by atoms with van der Waals surface area (Å²) in [6.45, 7) is 2.32. The molecule has 0 saturated carbocycles. The van der Waals surface area contributed by atoms with Crippen LogP contribution in [0.25, 0.3) is 0 Å². The minimum atomic E-state index is -3.12. The second kappa shape index (κ2) is 7.48. The summed E-state index contributed by atoms with van der Waals surface area (Å²) in [5, 5.41) is 2.93. The number of rotatable bonds is 4. The fourth-order valence-electron chi connectivity index (χ4n) is 3.42. The average molecular weight is 352 g/mol. The Morgan fingerprint density at radius 1 is 1.25 bits per heavy atom. The molecule has 0 radical (unpaired) electrons. The van der Waals surface area contributed by atoms with E-state index in [1.165, 1.54) is 0 Å². The Balaban J connectivity index is 1.50. The van der Waals surface area contributed by atoms with Crippen molar-refractivity contribution < 1.29 is 13.2 Å². The molecular formula is C16H24N4O3S. The van der Waals surface area contributed by atoms with Crippen LogP contribution in [0.5, 0.6) is 0 Å². The molecule has 2 aliphatic rings. The van der Waals surface area contributed by atoms with Crippen molar-refractivity contribution in [1.82, 2.24) is 19.5 Å². The molecule has 0 aromatic carbocycles. The monoisotopic (exact) mass is 352 g/mol. The molecule has 3 heterocycles. The first-order valence-corrected chi connectivity index (χ1v) is 10.1. The SMILES string of the molecule is O=C(NCCc1ccncc1)N1CCCC(N2CCCS2(=O)=O)C1. The van der Waals surface area contributed by atoms with E-state index in [1.54, 1.807) is 21.6 Å². The van der Waals surface area contributed by atoms with Gasteiger partial charge in [-0.2, -0.15) is 4.31 Å². The van der Waals surface area contributed by atoms with Crippen molar-refractivity contribution in [3.63, 3.8) is 0 Å². The van der Waals surface area contributed by atoms with Crippen LogP contribution < -0.4 is 5.32 Å². The maximum absolute atomic E-state index is 12.3. The fourth-order valence-corrected chi connectivity index (χ4v) is 5.18. The van der Waals surface area contributed by atoms with Crippen molar-refractivity contribution in [2.75, 3.05) is 31.9 Å². The molecule has 2 aliphatic heterocycles. The van der Waals surface area contributed by atoms with Gasteiger partial charge in [0.05, 0.1) is 5.75 Å². The summed E-state index contributed by atoms with van der Waals surface area (Å²) in [6, 6.07) is 3.69. The van der Waals surface area contributed by atoms with Gasteiger partial charge in [0, 0.05) is 44.6 Å². The lowest BCUT2D eigenvalue weighted by molar-refractivity contribution is 0.153. The third kappa shape index (κ3) is 4.05. The van der Waals surface area contributed by atoms with Gasteiger partial charge < -0.3 is 10.2 Å². The summed E-state index contributed by atoms with van der Waals surface area (Å²) >= 11 is 0. The number of sulfonamides is 1. The summed E-state index contributed by atoms with van der Waals surface area (Å²) in [5.74, 6) is 0.238. The lowest BCUT2D eigenvalue weighted by atomic mass is 10.1. The predicted molar refractivity (Wildman–Crippen MR) is 91.0 cm³/mol. The standard InChI is InChI=1S/C16H24N4O3S/c21-16(18-9-6-14-4-7-17-8-5-14)19-10-1-3-15(13-19)20-11-2-12-24(20,22)23/h4-5,7-8,15H,1-3,6,9-13H2,(H,18,21). The zero-order valence-corrected chi connectivity index (χ0v) is 14.5. The van der Waals surface area contributed by atoms with E-state index in [4.69, 9.17) is 0 Å². The summed E-state index contributed by atoms with van der Waals surface area (Å²) in [5.41, 5.74) is 1.13. The molecule has 8 heteroatoms. The minimum absolute atomic E-state index is 0.0720.